The summed E-state index contributed by atoms with van der Waals surface area (Å²) in [5, 5.41) is 2.33. The third-order valence-electron chi connectivity index (χ3n) is 6.76. The predicted octanol–water partition coefficient (Wildman–Crippen LogP) is 8.70. The van der Waals surface area contributed by atoms with Crippen LogP contribution in [0.25, 0.3) is 50.0 Å². The molecule has 0 saturated heterocycles. The number of benzene rings is 4. The number of ether oxygens (including phenoxy) is 1. The van der Waals surface area contributed by atoms with Gasteiger partial charge in [0.2, 0.25) is 0 Å². The maximum atomic E-state index is 6.37. The number of hydrogen-bond acceptors (Lipinski definition) is 3. The standard InChI is InChI=1S/C34H23N3O/c1-2-9-24(10-3-1)25-18-20-36-34(22-25)37-32-15-5-4-13-29(32)30-17-16-28(23-33(30)37)38-27-12-8-11-26(21-27)31-14-6-7-19-35-31/h1-23H. The highest BCUT2D eigenvalue weighted by Gasteiger charge is 2.15. The molecule has 7 rings (SSSR count). The molecular formula is C34H23N3O. The average Bonchev–Trinajstić information content (AvgIpc) is 3.32. The van der Waals surface area contributed by atoms with Crippen LogP contribution in [0.1, 0.15) is 0 Å². The van der Waals surface area contributed by atoms with E-state index in [4.69, 9.17) is 9.72 Å². The Hall–Kier alpha value is -5.22. The van der Waals surface area contributed by atoms with Crippen LogP contribution in [0.3, 0.4) is 0 Å². The Kier molecular flexibility index (Phi) is 5.41. The molecule has 0 bridgehead atoms. The second-order valence-electron chi connectivity index (χ2n) is 9.15. The van der Waals surface area contributed by atoms with E-state index in [2.05, 4.69) is 82.3 Å². The van der Waals surface area contributed by atoms with E-state index in [0.29, 0.717) is 0 Å². The van der Waals surface area contributed by atoms with Crippen LogP contribution in [-0.2, 0) is 0 Å². The first-order chi connectivity index (χ1) is 18.8. The fourth-order valence-electron chi connectivity index (χ4n) is 5.00. The molecule has 0 atom stereocenters. The summed E-state index contributed by atoms with van der Waals surface area (Å²) in [4.78, 5) is 9.25. The number of rotatable bonds is 5. The number of hydrogen-bond donors (Lipinski definition) is 0. The van der Waals surface area contributed by atoms with Crippen molar-refractivity contribution >= 4 is 21.8 Å². The minimum atomic E-state index is 0.763. The molecule has 3 aromatic heterocycles. The van der Waals surface area contributed by atoms with Gasteiger partial charge in [-0.1, -0.05) is 66.7 Å². The smallest absolute Gasteiger partial charge is 0.138 e. The lowest BCUT2D eigenvalue weighted by molar-refractivity contribution is 0.483. The van der Waals surface area contributed by atoms with Gasteiger partial charge in [-0.25, -0.2) is 4.98 Å². The van der Waals surface area contributed by atoms with Crippen molar-refractivity contribution in [1.29, 1.82) is 0 Å². The summed E-state index contributed by atoms with van der Waals surface area (Å²) in [6.07, 6.45) is 3.68. The highest BCUT2D eigenvalue weighted by Crippen LogP contribution is 2.36. The van der Waals surface area contributed by atoms with E-state index in [9.17, 15) is 0 Å². The second kappa shape index (κ2) is 9.34. The van der Waals surface area contributed by atoms with E-state index < -0.39 is 0 Å². The van der Waals surface area contributed by atoms with Gasteiger partial charge in [-0.2, -0.15) is 0 Å². The van der Waals surface area contributed by atoms with Gasteiger partial charge in [0.15, 0.2) is 0 Å². The highest BCUT2D eigenvalue weighted by molar-refractivity contribution is 6.09. The average molecular weight is 490 g/mol. The lowest BCUT2D eigenvalue weighted by Crippen LogP contribution is -1.97. The molecule has 0 aliphatic heterocycles. The first-order valence-electron chi connectivity index (χ1n) is 12.6. The van der Waals surface area contributed by atoms with E-state index in [-0.39, 0.29) is 0 Å². The van der Waals surface area contributed by atoms with E-state index in [0.717, 1.165) is 56.1 Å². The van der Waals surface area contributed by atoms with E-state index in [1.54, 1.807) is 6.20 Å². The Balaban J connectivity index is 1.34. The Morgan fingerprint density at radius 2 is 1.26 bits per heavy atom. The van der Waals surface area contributed by atoms with Gasteiger partial charge in [-0.3, -0.25) is 9.55 Å². The summed E-state index contributed by atoms with van der Waals surface area (Å²) in [5.41, 5.74) is 6.36. The molecule has 0 spiro atoms. The van der Waals surface area contributed by atoms with Gasteiger partial charge in [-0.15, -0.1) is 0 Å². The Labute approximate surface area is 220 Å². The predicted molar refractivity (Wildman–Crippen MR) is 154 cm³/mol. The molecule has 0 fully saturated rings. The zero-order valence-corrected chi connectivity index (χ0v) is 20.5. The van der Waals surface area contributed by atoms with Crippen molar-refractivity contribution < 1.29 is 4.74 Å². The summed E-state index contributed by atoms with van der Waals surface area (Å²) in [6.45, 7) is 0. The lowest BCUT2D eigenvalue weighted by atomic mass is 10.1. The number of nitrogens with zero attached hydrogens (tertiary/aromatic N) is 3. The Morgan fingerprint density at radius 1 is 0.474 bits per heavy atom. The van der Waals surface area contributed by atoms with Crippen LogP contribution in [0, 0.1) is 0 Å². The Morgan fingerprint density at radius 3 is 2.16 bits per heavy atom. The SMILES string of the molecule is c1ccc(-c2ccnc(-n3c4ccccc4c4ccc(Oc5cccc(-c6ccccn6)c5)cc43)c2)cc1. The molecule has 4 aromatic carbocycles. The normalized spacial score (nSPS) is 11.2. The summed E-state index contributed by atoms with van der Waals surface area (Å²) in [6, 6.07) is 43.2. The molecule has 0 amide bonds. The monoisotopic (exact) mass is 489 g/mol. The number of para-hydroxylation sites is 1. The topological polar surface area (TPSA) is 39.9 Å². The van der Waals surface area contributed by atoms with Crippen molar-refractivity contribution in [1.82, 2.24) is 14.5 Å². The summed E-state index contributed by atoms with van der Waals surface area (Å²) < 4.78 is 8.58. The molecule has 7 aromatic rings. The van der Waals surface area contributed by atoms with Crippen LogP contribution in [0.2, 0.25) is 0 Å². The van der Waals surface area contributed by atoms with Crippen molar-refractivity contribution in [2.45, 2.75) is 0 Å². The molecule has 38 heavy (non-hydrogen) atoms. The molecule has 0 aliphatic rings. The third-order valence-corrected chi connectivity index (χ3v) is 6.76. The third kappa shape index (κ3) is 3.98. The van der Waals surface area contributed by atoms with Crippen LogP contribution >= 0.6 is 0 Å². The molecular weight excluding hydrogens is 466 g/mol. The van der Waals surface area contributed by atoms with Crippen LogP contribution in [0.4, 0.5) is 0 Å². The van der Waals surface area contributed by atoms with Crippen molar-refractivity contribution in [2.75, 3.05) is 0 Å². The van der Waals surface area contributed by atoms with Gasteiger partial charge >= 0.3 is 0 Å². The van der Waals surface area contributed by atoms with Crippen LogP contribution < -0.4 is 4.74 Å². The van der Waals surface area contributed by atoms with Gasteiger partial charge in [0.1, 0.15) is 17.3 Å². The zero-order valence-electron chi connectivity index (χ0n) is 20.5. The van der Waals surface area contributed by atoms with Gasteiger partial charge in [0.05, 0.1) is 16.7 Å². The lowest BCUT2D eigenvalue weighted by Gasteiger charge is -2.11. The molecule has 0 radical (unpaired) electrons. The van der Waals surface area contributed by atoms with Gasteiger partial charge < -0.3 is 4.74 Å². The Bertz CT molecular complexity index is 1890. The van der Waals surface area contributed by atoms with Crippen molar-refractivity contribution in [3.8, 4) is 39.7 Å². The maximum absolute atomic E-state index is 6.37. The first-order valence-corrected chi connectivity index (χ1v) is 12.6. The molecule has 0 unspecified atom stereocenters. The summed E-state index contributed by atoms with van der Waals surface area (Å²) >= 11 is 0. The van der Waals surface area contributed by atoms with Crippen molar-refractivity contribution in [3.63, 3.8) is 0 Å². The zero-order chi connectivity index (χ0) is 25.3. The summed E-state index contributed by atoms with van der Waals surface area (Å²) in [5.74, 6) is 2.39. The first kappa shape index (κ1) is 22.0. The quantitative estimate of drug-likeness (QED) is 0.243. The van der Waals surface area contributed by atoms with E-state index in [1.165, 1.54) is 5.39 Å². The van der Waals surface area contributed by atoms with Crippen LogP contribution in [0.15, 0.2) is 140 Å². The fourth-order valence-corrected chi connectivity index (χ4v) is 5.00. The fraction of sp³-hybridized carbons (Fsp3) is 0. The molecule has 4 heteroatoms. The maximum Gasteiger partial charge on any atom is 0.138 e. The number of aromatic nitrogens is 3. The molecule has 0 saturated carbocycles. The van der Waals surface area contributed by atoms with Crippen LogP contribution in [0.5, 0.6) is 11.5 Å². The molecule has 3 heterocycles. The van der Waals surface area contributed by atoms with E-state index in [1.807, 2.05) is 60.8 Å². The molecule has 0 aliphatic carbocycles. The minimum absolute atomic E-state index is 0.763. The largest absolute Gasteiger partial charge is 0.457 e. The summed E-state index contributed by atoms with van der Waals surface area (Å²) in [7, 11) is 0. The van der Waals surface area contributed by atoms with Crippen molar-refractivity contribution in [2.24, 2.45) is 0 Å². The minimum Gasteiger partial charge on any atom is -0.457 e. The highest BCUT2D eigenvalue weighted by atomic mass is 16.5. The van der Waals surface area contributed by atoms with Crippen LogP contribution in [-0.4, -0.2) is 14.5 Å². The molecule has 180 valence electrons. The number of pyridine rings is 2. The van der Waals surface area contributed by atoms with Gasteiger partial charge in [0, 0.05) is 34.8 Å². The van der Waals surface area contributed by atoms with E-state index >= 15 is 0 Å². The van der Waals surface area contributed by atoms with Gasteiger partial charge in [0.25, 0.3) is 0 Å². The van der Waals surface area contributed by atoms with Gasteiger partial charge in [-0.05, 0) is 65.7 Å². The van der Waals surface area contributed by atoms with Crippen molar-refractivity contribution in [3.05, 3.63) is 140 Å². The second-order valence-corrected chi connectivity index (χ2v) is 9.15. The number of fused-ring (bicyclic) bond motifs is 3. The molecule has 4 nitrogen and oxygen atoms in total. The molecule has 0 N–H and O–H groups in total.